The smallest absolute Gasteiger partial charge is 0.268 e. The summed E-state index contributed by atoms with van der Waals surface area (Å²) in [4.78, 5) is 64.0. The number of amides is 3. The quantitative estimate of drug-likeness (QED) is 0.288. The highest BCUT2D eigenvalue weighted by Crippen LogP contribution is 2.24. The molecular weight excluding hydrogens is 566 g/mol. The molecule has 2 aliphatic heterocycles. The molecule has 2 N–H and O–H groups in total. The molecule has 2 saturated heterocycles. The minimum atomic E-state index is -3.92. The maximum Gasteiger partial charge on any atom is 0.268 e. The number of carbonyl (C=O) groups is 5. The van der Waals surface area contributed by atoms with Crippen molar-refractivity contribution in [1.29, 1.82) is 0 Å². The number of thiophene rings is 1. The monoisotopic (exact) mass is 593 g/mol. The SMILES string of the molecule is Cn1cccc1C(=O)N[C@H]1CCN(C(=O)CCC(=O)N2C[C@@H](NS(=O)(=O)c3cccs3)C[C@H]2C(=O)[O-])[C@@H]1C(=O)[O-]. The van der Waals surface area contributed by atoms with Crippen LogP contribution in [-0.4, -0.2) is 89.7 Å². The summed E-state index contributed by atoms with van der Waals surface area (Å²) in [7, 11) is -2.27. The summed E-state index contributed by atoms with van der Waals surface area (Å²) < 4.78 is 29.1. The summed E-state index contributed by atoms with van der Waals surface area (Å²) in [6.45, 7) is -0.239. The van der Waals surface area contributed by atoms with Crippen LogP contribution in [0, 0.1) is 0 Å². The van der Waals surface area contributed by atoms with Crippen molar-refractivity contribution in [3.05, 3.63) is 41.5 Å². The maximum atomic E-state index is 12.9. The molecule has 0 unspecified atom stereocenters. The molecule has 2 aromatic heterocycles. The van der Waals surface area contributed by atoms with E-state index in [1.165, 1.54) is 6.07 Å². The molecular formula is C24H27N5O9S2-2. The first-order chi connectivity index (χ1) is 18.9. The zero-order valence-corrected chi connectivity index (χ0v) is 23.0. The number of carbonyl (C=O) groups excluding carboxylic acids is 5. The molecule has 0 saturated carbocycles. The fourth-order valence-electron chi connectivity index (χ4n) is 5.07. The standard InChI is InChI=1S/C24H29N5O9S2/c1-27-9-2-4-16(27)22(32)25-15-8-10-28(21(15)24(35)36)18(30)6-7-19(31)29-13-14(12-17(29)23(33)34)26-40(37,38)20-5-3-11-39-20/h2-5,9,11,14-15,17,21,26H,6-8,10,12-13H2,1H3,(H,25,32)(H,33,34)(H,35,36)/p-2/t14-,15-,17-,21-/m0/s1. The van der Waals surface area contributed by atoms with Crippen LogP contribution in [0.1, 0.15) is 36.2 Å². The Morgan fingerprint density at radius 1 is 1.02 bits per heavy atom. The van der Waals surface area contributed by atoms with E-state index < -0.39 is 76.7 Å². The lowest BCUT2D eigenvalue weighted by Crippen LogP contribution is -2.55. The van der Waals surface area contributed by atoms with Gasteiger partial charge in [0, 0.05) is 45.2 Å². The number of nitrogens with one attached hydrogen (secondary N) is 2. The van der Waals surface area contributed by atoms with Crippen LogP contribution in [0.15, 0.2) is 40.1 Å². The number of carboxylic acids is 2. The number of hydrogen-bond donors (Lipinski definition) is 2. The Labute approximate surface area is 233 Å². The summed E-state index contributed by atoms with van der Waals surface area (Å²) in [5, 5.41) is 27.8. The van der Waals surface area contributed by atoms with Crippen molar-refractivity contribution < 1.29 is 42.6 Å². The second kappa shape index (κ2) is 11.8. The largest absolute Gasteiger partial charge is 0.548 e. The van der Waals surface area contributed by atoms with Crippen LogP contribution in [0.4, 0.5) is 0 Å². The number of rotatable bonds is 10. The summed E-state index contributed by atoms with van der Waals surface area (Å²) >= 11 is 0.984. The Balaban J connectivity index is 1.36. The van der Waals surface area contributed by atoms with Gasteiger partial charge in [0.2, 0.25) is 21.8 Å². The number of aliphatic carboxylic acids is 2. The lowest BCUT2D eigenvalue weighted by molar-refractivity contribution is -0.312. The average Bonchev–Trinajstić information content (AvgIpc) is 3.68. The average molecular weight is 594 g/mol. The topological polar surface area (TPSA) is 201 Å². The van der Waals surface area contributed by atoms with Crippen LogP contribution in [0.3, 0.4) is 0 Å². The molecule has 0 radical (unpaired) electrons. The van der Waals surface area contributed by atoms with Gasteiger partial charge in [-0.15, -0.1) is 11.3 Å². The maximum absolute atomic E-state index is 12.9. The van der Waals surface area contributed by atoms with Gasteiger partial charge < -0.3 is 39.5 Å². The molecule has 4 atom stereocenters. The van der Waals surface area contributed by atoms with Crippen molar-refractivity contribution in [2.24, 2.45) is 7.05 Å². The first-order valence-corrected chi connectivity index (χ1v) is 14.7. The normalized spacial score (nSPS) is 22.8. The third-order valence-electron chi connectivity index (χ3n) is 6.98. The molecule has 0 aromatic carbocycles. The van der Waals surface area contributed by atoms with Crippen molar-refractivity contribution in [2.45, 2.75) is 54.1 Å². The summed E-state index contributed by atoms with van der Waals surface area (Å²) in [6, 6.07) is 1.50. The van der Waals surface area contributed by atoms with Crippen LogP contribution >= 0.6 is 11.3 Å². The number of carboxylic acid groups (broad SMARTS) is 2. The second-order valence-corrected chi connectivity index (χ2v) is 12.5. The van der Waals surface area contributed by atoms with Gasteiger partial charge in [-0.25, -0.2) is 13.1 Å². The number of likely N-dealkylation sites (tertiary alicyclic amines) is 2. The van der Waals surface area contributed by atoms with Crippen molar-refractivity contribution in [1.82, 2.24) is 24.4 Å². The van der Waals surface area contributed by atoms with E-state index in [2.05, 4.69) is 10.0 Å². The lowest BCUT2D eigenvalue weighted by atomic mass is 10.1. The third kappa shape index (κ3) is 6.18. The van der Waals surface area contributed by atoms with E-state index in [4.69, 9.17) is 0 Å². The van der Waals surface area contributed by atoms with E-state index in [0.29, 0.717) is 5.69 Å². The van der Waals surface area contributed by atoms with Gasteiger partial charge >= 0.3 is 0 Å². The van der Waals surface area contributed by atoms with Crippen molar-refractivity contribution in [3.63, 3.8) is 0 Å². The Morgan fingerprint density at radius 2 is 1.73 bits per heavy atom. The van der Waals surface area contributed by atoms with Crippen LogP contribution in [0.25, 0.3) is 0 Å². The van der Waals surface area contributed by atoms with Crippen LogP contribution in [-0.2, 0) is 36.2 Å². The molecule has 40 heavy (non-hydrogen) atoms. The van der Waals surface area contributed by atoms with Crippen molar-refractivity contribution in [3.8, 4) is 0 Å². The van der Waals surface area contributed by atoms with Gasteiger partial charge in [0.15, 0.2) is 0 Å². The van der Waals surface area contributed by atoms with E-state index >= 15 is 0 Å². The molecule has 2 fully saturated rings. The van der Waals surface area contributed by atoms with Crippen LogP contribution < -0.4 is 20.3 Å². The fraction of sp³-hybridized carbons (Fsp3) is 0.458. The van der Waals surface area contributed by atoms with Gasteiger partial charge in [0.05, 0.1) is 30.1 Å². The zero-order chi connectivity index (χ0) is 29.2. The summed E-state index contributed by atoms with van der Waals surface area (Å²) in [5.41, 5.74) is 0.302. The number of hydrogen-bond acceptors (Lipinski definition) is 10. The minimum absolute atomic E-state index is 0.00170. The molecule has 3 amide bonds. The molecule has 0 bridgehead atoms. The Kier molecular flexibility index (Phi) is 8.60. The molecule has 4 rings (SSSR count). The highest BCUT2D eigenvalue weighted by Gasteiger charge is 2.41. The van der Waals surface area contributed by atoms with E-state index in [9.17, 15) is 42.6 Å². The number of aromatic nitrogens is 1. The first-order valence-electron chi connectivity index (χ1n) is 12.4. The predicted octanol–water partition coefficient (Wildman–Crippen LogP) is -2.99. The Bertz CT molecular complexity index is 1410. The second-order valence-electron chi connectivity index (χ2n) is 9.59. The molecule has 4 heterocycles. The van der Waals surface area contributed by atoms with E-state index in [1.807, 2.05) is 0 Å². The highest BCUT2D eigenvalue weighted by atomic mass is 32.2. The van der Waals surface area contributed by atoms with Crippen molar-refractivity contribution in [2.75, 3.05) is 13.1 Å². The van der Waals surface area contributed by atoms with E-state index in [0.717, 1.165) is 21.1 Å². The van der Waals surface area contributed by atoms with Gasteiger partial charge in [-0.2, -0.15) is 0 Å². The minimum Gasteiger partial charge on any atom is -0.548 e. The third-order valence-corrected chi connectivity index (χ3v) is 9.90. The fourth-order valence-corrected chi connectivity index (χ4v) is 7.32. The van der Waals surface area contributed by atoms with E-state index in [1.54, 1.807) is 41.4 Å². The zero-order valence-electron chi connectivity index (χ0n) is 21.3. The van der Waals surface area contributed by atoms with Gasteiger partial charge in [-0.05, 0) is 36.4 Å². The Morgan fingerprint density at radius 3 is 2.30 bits per heavy atom. The van der Waals surface area contributed by atoms with Gasteiger partial charge in [-0.1, -0.05) is 6.07 Å². The van der Waals surface area contributed by atoms with E-state index in [-0.39, 0.29) is 30.1 Å². The number of nitrogens with zero attached hydrogens (tertiary/aromatic N) is 3. The van der Waals surface area contributed by atoms with Crippen LogP contribution in [0.2, 0.25) is 0 Å². The molecule has 0 spiro atoms. The van der Waals surface area contributed by atoms with Gasteiger partial charge in [0.1, 0.15) is 9.90 Å². The number of sulfonamides is 1. The first kappa shape index (κ1) is 29.2. The van der Waals surface area contributed by atoms with Crippen molar-refractivity contribution >= 4 is 51.0 Å². The molecule has 14 nitrogen and oxygen atoms in total. The number of aryl methyl sites for hydroxylation is 1. The summed E-state index contributed by atoms with van der Waals surface area (Å²) in [5.74, 6) is -5.05. The van der Waals surface area contributed by atoms with Gasteiger partial charge in [-0.3, -0.25) is 14.4 Å². The van der Waals surface area contributed by atoms with Crippen LogP contribution in [0.5, 0.6) is 0 Å². The molecule has 16 heteroatoms. The predicted molar refractivity (Wildman–Crippen MR) is 135 cm³/mol. The molecule has 2 aliphatic rings. The van der Waals surface area contributed by atoms with Gasteiger partial charge in [0.25, 0.3) is 5.91 Å². The highest BCUT2D eigenvalue weighted by molar-refractivity contribution is 7.91. The molecule has 2 aromatic rings. The summed E-state index contributed by atoms with van der Waals surface area (Å²) in [6.07, 6.45) is 0.721. The Hall–Kier alpha value is -3.76. The lowest BCUT2D eigenvalue weighted by Gasteiger charge is -2.30. The molecule has 0 aliphatic carbocycles. The molecule has 216 valence electrons.